The molecule has 7 nitrogen and oxygen atoms in total. The molecule has 2 aromatic carbocycles. The number of sulfonamides is 1. The summed E-state index contributed by atoms with van der Waals surface area (Å²) in [4.78, 5) is 14.8. The monoisotopic (exact) mass is 425 g/mol. The van der Waals surface area contributed by atoms with E-state index in [4.69, 9.17) is 4.52 Å². The number of aryl methyl sites for hydroxylation is 2. The Hall–Kier alpha value is -2.71. The minimum Gasteiger partial charge on any atom is -0.356 e. The van der Waals surface area contributed by atoms with Crippen LogP contribution < -0.4 is 0 Å². The minimum absolute atomic E-state index is 0.0661. The van der Waals surface area contributed by atoms with E-state index in [9.17, 15) is 13.2 Å². The van der Waals surface area contributed by atoms with Gasteiger partial charge in [0.15, 0.2) is 5.58 Å². The maximum Gasteiger partial charge on any atom is 0.243 e. The Morgan fingerprint density at radius 3 is 2.60 bits per heavy atom. The van der Waals surface area contributed by atoms with Gasteiger partial charge in [-0.15, -0.1) is 0 Å². The Morgan fingerprint density at radius 2 is 1.77 bits per heavy atom. The molecule has 0 radical (unpaired) electrons. The van der Waals surface area contributed by atoms with Crippen molar-refractivity contribution in [1.29, 1.82) is 0 Å². The number of nitrogens with zero attached hydrogens (tertiary/aromatic N) is 3. The number of piperazine rings is 1. The van der Waals surface area contributed by atoms with E-state index < -0.39 is 10.0 Å². The van der Waals surface area contributed by atoms with Gasteiger partial charge in [0.1, 0.15) is 5.69 Å². The molecule has 156 valence electrons. The maximum absolute atomic E-state index is 13.1. The van der Waals surface area contributed by atoms with Gasteiger partial charge in [-0.2, -0.15) is 4.31 Å². The fourth-order valence-electron chi connectivity index (χ4n) is 4.36. The van der Waals surface area contributed by atoms with Gasteiger partial charge in [0.05, 0.1) is 11.3 Å². The first-order valence-electron chi connectivity index (χ1n) is 10.3. The summed E-state index contributed by atoms with van der Waals surface area (Å²) in [5, 5.41) is 4.86. The standard InChI is InChI=1S/C22H23N3O4S/c26-22(15-20-19-6-1-2-7-21(19)29-23-20)24-10-12-25(13-11-24)30(27,28)18-9-8-16-4-3-5-17(16)14-18/h1-2,6-9,14H,3-5,10-13,15H2. The first-order chi connectivity index (χ1) is 14.5. The molecule has 0 N–H and O–H groups in total. The lowest BCUT2D eigenvalue weighted by atomic mass is 10.1. The van der Waals surface area contributed by atoms with Crippen molar-refractivity contribution in [2.24, 2.45) is 0 Å². The molecular weight excluding hydrogens is 402 g/mol. The van der Waals surface area contributed by atoms with Crippen molar-refractivity contribution in [3.8, 4) is 0 Å². The molecule has 1 aromatic heterocycles. The summed E-state index contributed by atoms with van der Waals surface area (Å²) in [7, 11) is -3.54. The van der Waals surface area contributed by atoms with Gasteiger partial charge in [0, 0.05) is 31.6 Å². The molecule has 8 heteroatoms. The summed E-state index contributed by atoms with van der Waals surface area (Å²) in [6.45, 7) is 1.34. The zero-order chi connectivity index (χ0) is 20.7. The highest BCUT2D eigenvalue weighted by Gasteiger charge is 2.31. The number of carbonyl (C=O) groups excluding carboxylic acids is 1. The van der Waals surface area contributed by atoms with Gasteiger partial charge in [-0.25, -0.2) is 8.42 Å². The Kier molecular flexibility index (Phi) is 4.83. The summed E-state index contributed by atoms with van der Waals surface area (Å²) in [6, 6.07) is 12.9. The maximum atomic E-state index is 13.1. The smallest absolute Gasteiger partial charge is 0.243 e. The van der Waals surface area contributed by atoms with E-state index in [-0.39, 0.29) is 12.3 Å². The lowest BCUT2D eigenvalue weighted by Crippen LogP contribution is -2.50. The van der Waals surface area contributed by atoms with Crippen molar-refractivity contribution < 1.29 is 17.7 Å². The highest BCUT2D eigenvalue weighted by molar-refractivity contribution is 7.89. The fraction of sp³-hybridized carbons (Fsp3) is 0.364. The predicted octanol–water partition coefficient (Wildman–Crippen LogP) is 2.39. The molecule has 0 spiro atoms. The number of amides is 1. The normalized spacial score (nSPS) is 17.4. The molecule has 3 aromatic rings. The molecule has 0 bridgehead atoms. The molecule has 0 unspecified atom stereocenters. The molecule has 1 fully saturated rings. The average Bonchev–Trinajstić information content (AvgIpc) is 3.40. The van der Waals surface area contributed by atoms with Crippen LogP contribution in [0.2, 0.25) is 0 Å². The van der Waals surface area contributed by atoms with E-state index >= 15 is 0 Å². The van der Waals surface area contributed by atoms with Crippen LogP contribution in [-0.2, 0) is 34.1 Å². The van der Waals surface area contributed by atoms with Gasteiger partial charge in [-0.1, -0.05) is 23.4 Å². The molecule has 1 aliphatic heterocycles. The second-order valence-electron chi connectivity index (χ2n) is 7.87. The zero-order valence-electron chi connectivity index (χ0n) is 16.6. The quantitative estimate of drug-likeness (QED) is 0.641. The molecule has 30 heavy (non-hydrogen) atoms. The average molecular weight is 426 g/mol. The number of hydrogen-bond donors (Lipinski definition) is 0. The van der Waals surface area contributed by atoms with Crippen LogP contribution >= 0.6 is 0 Å². The Morgan fingerprint density at radius 1 is 1.00 bits per heavy atom. The van der Waals surface area contributed by atoms with E-state index in [0.717, 1.165) is 30.2 Å². The molecule has 1 aliphatic carbocycles. The third-order valence-electron chi connectivity index (χ3n) is 6.07. The molecule has 1 amide bonds. The van der Waals surface area contributed by atoms with E-state index in [2.05, 4.69) is 5.16 Å². The van der Waals surface area contributed by atoms with Crippen molar-refractivity contribution in [3.63, 3.8) is 0 Å². The molecule has 2 heterocycles. The van der Waals surface area contributed by atoms with Gasteiger partial charge < -0.3 is 9.42 Å². The van der Waals surface area contributed by atoms with Crippen LogP contribution in [-0.4, -0.2) is 54.9 Å². The number of benzene rings is 2. The highest BCUT2D eigenvalue weighted by Crippen LogP contribution is 2.27. The van der Waals surface area contributed by atoms with Crippen LogP contribution in [0.5, 0.6) is 0 Å². The topological polar surface area (TPSA) is 83.7 Å². The van der Waals surface area contributed by atoms with Crippen LogP contribution in [0.4, 0.5) is 0 Å². The fourth-order valence-corrected chi connectivity index (χ4v) is 5.83. The molecule has 0 atom stereocenters. The minimum atomic E-state index is -3.54. The van der Waals surface area contributed by atoms with Gasteiger partial charge in [0.25, 0.3) is 0 Å². The number of aromatic nitrogens is 1. The van der Waals surface area contributed by atoms with Gasteiger partial charge in [-0.05, 0) is 54.7 Å². The van der Waals surface area contributed by atoms with Crippen molar-refractivity contribution >= 4 is 26.9 Å². The molecule has 5 rings (SSSR count). The van der Waals surface area contributed by atoms with E-state index in [0.29, 0.717) is 42.4 Å². The second-order valence-corrected chi connectivity index (χ2v) is 9.81. The lowest BCUT2D eigenvalue weighted by Gasteiger charge is -2.34. The van der Waals surface area contributed by atoms with Crippen molar-refractivity contribution in [2.45, 2.75) is 30.6 Å². The largest absolute Gasteiger partial charge is 0.356 e. The zero-order valence-corrected chi connectivity index (χ0v) is 17.4. The predicted molar refractivity (Wildman–Crippen MR) is 112 cm³/mol. The van der Waals surface area contributed by atoms with Crippen molar-refractivity contribution in [2.75, 3.05) is 26.2 Å². The number of rotatable bonds is 4. The number of fused-ring (bicyclic) bond motifs is 2. The highest BCUT2D eigenvalue weighted by atomic mass is 32.2. The van der Waals surface area contributed by atoms with Gasteiger partial charge in [-0.3, -0.25) is 4.79 Å². The van der Waals surface area contributed by atoms with Crippen LogP contribution in [0.1, 0.15) is 23.2 Å². The lowest BCUT2D eigenvalue weighted by molar-refractivity contribution is -0.131. The van der Waals surface area contributed by atoms with E-state index in [1.807, 2.05) is 36.4 Å². The van der Waals surface area contributed by atoms with Crippen molar-refractivity contribution in [1.82, 2.24) is 14.4 Å². The Labute approximate surface area is 175 Å². The summed E-state index contributed by atoms with van der Waals surface area (Å²) < 4.78 is 32.9. The summed E-state index contributed by atoms with van der Waals surface area (Å²) >= 11 is 0. The van der Waals surface area contributed by atoms with E-state index in [1.165, 1.54) is 9.87 Å². The molecule has 2 aliphatic rings. The first-order valence-corrected chi connectivity index (χ1v) is 11.7. The van der Waals surface area contributed by atoms with Gasteiger partial charge in [0.2, 0.25) is 15.9 Å². The third kappa shape index (κ3) is 3.40. The second kappa shape index (κ2) is 7.52. The van der Waals surface area contributed by atoms with Crippen LogP contribution in [0.25, 0.3) is 11.0 Å². The Bertz CT molecular complexity index is 1210. The SMILES string of the molecule is O=C(Cc1noc2ccccc12)N1CCN(S(=O)(=O)c2ccc3c(c2)CCC3)CC1. The molecule has 1 saturated heterocycles. The summed E-state index contributed by atoms with van der Waals surface area (Å²) in [5.74, 6) is -0.0661. The number of carbonyl (C=O) groups is 1. The van der Waals surface area contributed by atoms with Crippen molar-refractivity contribution in [3.05, 3.63) is 59.3 Å². The van der Waals surface area contributed by atoms with Gasteiger partial charge >= 0.3 is 0 Å². The summed E-state index contributed by atoms with van der Waals surface area (Å²) in [6.07, 6.45) is 3.20. The van der Waals surface area contributed by atoms with Crippen LogP contribution in [0.15, 0.2) is 51.9 Å². The van der Waals surface area contributed by atoms with E-state index in [1.54, 1.807) is 11.0 Å². The third-order valence-corrected chi connectivity index (χ3v) is 7.96. The van der Waals surface area contributed by atoms with Crippen LogP contribution in [0.3, 0.4) is 0 Å². The molecule has 0 saturated carbocycles. The molecular formula is C22H23N3O4S. The number of para-hydroxylation sites is 1. The number of hydrogen-bond acceptors (Lipinski definition) is 5. The first kappa shape index (κ1) is 19.3. The Balaban J connectivity index is 1.25. The van der Waals surface area contributed by atoms with Crippen LogP contribution in [0, 0.1) is 0 Å². The summed E-state index contributed by atoms with van der Waals surface area (Å²) in [5.41, 5.74) is 3.67.